The summed E-state index contributed by atoms with van der Waals surface area (Å²) in [5, 5.41) is 5.57. The number of carbonyl (C=O) groups is 2. The first kappa shape index (κ1) is 19.3. The van der Waals surface area contributed by atoms with Gasteiger partial charge < -0.3 is 20.1 Å². The second-order valence-corrected chi connectivity index (χ2v) is 5.72. The van der Waals surface area contributed by atoms with Gasteiger partial charge in [0.05, 0.1) is 12.8 Å². The Morgan fingerprint density at radius 2 is 1.77 bits per heavy atom. The van der Waals surface area contributed by atoms with E-state index in [0.29, 0.717) is 29.3 Å². The van der Waals surface area contributed by atoms with Crippen LogP contribution < -0.4 is 20.1 Å². The summed E-state index contributed by atoms with van der Waals surface area (Å²) in [7, 11) is 1.52. The lowest BCUT2D eigenvalue weighted by molar-refractivity contribution is -0.118. The fourth-order valence-corrected chi connectivity index (χ4v) is 2.28. The highest BCUT2D eigenvalue weighted by Gasteiger charge is 2.10. The second kappa shape index (κ2) is 10.1. The molecule has 0 aliphatic rings. The zero-order valence-corrected chi connectivity index (χ0v) is 15.1. The molecule has 0 atom stereocenters. The van der Waals surface area contributed by atoms with Crippen molar-refractivity contribution >= 4 is 23.2 Å². The molecule has 0 aromatic heterocycles. The van der Waals surface area contributed by atoms with Gasteiger partial charge in [-0.15, -0.1) is 0 Å². The molecule has 0 saturated carbocycles. The van der Waals surface area contributed by atoms with E-state index in [1.165, 1.54) is 7.11 Å². The standard InChI is InChI=1S/C20H24N2O4/c1-3-4-10-19(23)22-17-12-11-15(13-18(17)25-2)21-20(24)14-26-16-8-6-5-7-9-16/h5-9,11-13H,3-4,10,14H2,1-2H3,(H,21,24)(H,22,23). The maximum Gasteiger partial charge on any atom is 0.262 e. The number of benzene rings is 2. The number of nitrogens with one attached hydrogen (secondary N) is 2. The summed E-state index contributed by atoms with van der Waals surface area (Å²) in [6.45, 7) is 1.94. The van der Waals surface area contributed by atoms with Gasteiger partial charge in [-0.2, -0.15) is 0 Å². The van der Waals surface area contributed by atoms with Crippen LogP contribution in [0.1, 0.15) is 26.2 Å². The number of para-hydroxylation sites is 1. The average Bonchev–Trinajstić information content (AvgIpc) is 2.66. The van der Waals surface area contributed by atoms with Crippen molar-refractivity contribution < 1.29 is 19.1 Å². The molecule has 0 aliphatic carbocycles. The summed E-state index contributed by atoms with van der Waals surface area (Å²) in [5.74, 6) is 0.774. The molecule has 26 heavy (non-hydrogen) atoms. The average molecular weight is 356 g/mol. The van der Waals surface area contributed by atoms with Crippen molar-refractivity contribution in [2.75, 3.05) is 24.4 Å². The molecule has 2 amide bonds. The van der Waals surface area contributed by atoms with Crippen molar-refractivity contribution in [2.45, 2.75) is 26.2 Å². The number of methoxy groups -OCH3 is 1. The van der Waals surface area contributed by atoms with E-state index in [1.54, 1.807) is 30.3 Å². The molecule has 2 aromatic carbocycles. The van der Waals surface area contributed by atoms with Gasteiger partial charge >= 0.3 is 0 Å². The fraction of sp³-hybridized carbons (Fsp3) is 0.300. The third kappa shape index (κ3) is 6.12. The topological polar surface area (TPSA) is 76.7 Å². The van der Waals surface area contributed by atoms with Crippen molar-refractivity contribution in [1.29, 1.82) is 0 Å². The molecule has 0 fully saturated rings. The van der Waals surface area contributed by atoms with Gasteiger partial charge in [0, 0.05) is 18.2 Å². The highest BCUT2D eigenvalue weighted by atomic mass is 16.5. The number of carbonyl (C=O) groups excluding carboxylic acids is 2. The molecule has 0 bridgehead atoms. The monoisotopic (exact) mass is 356 g/mol. The van der Waals surface area contributed by atoms with E-state index in [4.69, 9.17) is 9.47 Å². The molecule has 0 aliphatic heterocycles. The summed E-state index contributed by atoms with van der Waals surface area (Å²) in [5.41, 5.74) is 1.14. The Bertz CT molecular complexity index is 732. The molecule has 6 heteroatoms. The highest BCUT2D eigenvalue weighted by molar-refractivity contribution is 5.95. The SMILES string of the molecule is CCCCC(=O)Nc1ccc(NC(=O)COc2ccccc2)cc1OC. The van der Waals surface area contributed by atoms with Crippen LogP contribution >= 0.6 is 0 Å². The lowest BCUT2D eigenvalue weighted by Crippen LogP contribution is -2.20. The number of hydrogen-bond acceptors (Lipinski definition) is 4. The van der Waals surface area contributed by atoms with Gasteiger partial charge in [0.15, 0.2) is 6.61 Å². The van der Waals surface area contributed by atoms with Crippen molar-refractivity contribution in [3.63, 3.8) is 0 Å². The number of rotatable bonds is 9. The molecule has 0 radical (unpaired) electrons. The van der Waals surface area contributed by atoms with Crippen LogP contribution in [0.15, 0.2) is 48.5 Å². The summed E-state index contributed by atoms with van der Waals surface area (Å²) in [6, 6.07) is 14.2. The van der Waals surface area contributed by atoms with Crippen molar-refractivity contribution in [1.82, 2.24) is 0 Å². The number of unbranched alkanes of at least 4 members (excludes halogenated alkanes) is 1. The zero-order valence-electron chi connectivity index (χ0n) is 15.1. The lowest BCUT2D eigenvalue weighted by Gasteiger charge is -2.13. The van der Waals surface area contributed by atoms with Gasteiger partial charge in [0.25, 0.3) is 5.91 Å². The third-order valence-electron chi connectivity index (χ3n) is 3.63. The normalized spacial score (nSPS) is 10.1. The van der Waals surface area contributed by atoms with Crippen LogP contribution in [0.4, 0.5) is 11.4 Å². The quantitative estimate of drug-likeness (QED) is 0.716. The third-order valence-corrected chi connectivity index (χ3v) is 3.63. The molecule has 0 heterocycles. The van der Waals surface area contributed by atoms with Gasteiger partial charge in [-0.25, -0.2) is 0 Å². The van der Waals surface area contributed by atoms with Crippen LogP contribution in [0.3, 0.4) is 0 Å². The smallest absolute Gasteiger partial charge is 0.262 e. The summed E-state index contributed by atoms with van der Waals surface area (Å²) < 4.78 is 10.7. The van der Waals surface area contributed by atoms with E-state index in [0.717, 1.165) is 12.8 Å². The van der Waals surface area contributed by atoms with Crippen molar-refractivity contribution in [3.05, 3.63) is 48.5 Å². The first-order valence-electron chi connectivity index (χ1n) is 8.58. The van der Waals surface area contributed by atoms with Crippen LogP contribution in [-0.2, 0) is 9.59 Å². The Balaban J connectivity index is 1.93. The Kier molecular flexibility index (Phi) is 7.49. The molecular weight excluding hydrogens is 332 g/mol. The molecule has 138 valence electrons. The van der Waals surface area contributed by atoms with Gasteiger partial charge in [-0.05, 0) is 30.7 Å². The Morgan fingerprint density at radius 1 is 1.00 bits per heavy atom. The molecule has 2 N–H and O–H groups in total. The minimum Gasteiger partial charge on any atom is -0.494 e. The molecule has 0 unspecified atom stereocenters. The van der Waals surface area contributed by atoms with Crippen molar-refractivity contribution in [3.8, 4) is 11.5 Å². The maximum atomic E-state index is 12.0. The Labute approximate surface area is 153 Å². The molecule has 6 nitrogen and oxygen atoms in total. The van der Waals surface area contributed by atoms with Crippen LogP contribution in [-0.4, -0.2) is 25.5 Å². The largest absolute Gasteiger partial charge is 0.494 e. The van der Waals surface area contributed by atoms with Crippen LogP contribution in [0.25, 0.3) is 0 Å². The van der Waals surface area contributed by atoms with Crippen molar-refractivity contribution in [2.24, 2.45) is 0 Å². The van der Waals surface area contributed by atoms with E-state index in [-0.39, 0.29) is 18.4 Å². The van der Waals surface area contributed by atoms with Gasteiger partial charge in [0.2, 0.25) is 5.91 Å². The van der Waals surface area contributed by atoms with Gasteiger partial charge in [-0.3, -0.25) is 9.59 Å². The lowest BCUT2D eigenvalue weighted by atomic mass is 10.2. The zero-order chi connectivity index (χ0) is 18.8. The molecule has 0 spiro atoms. The van der Waals surface area contributed by atoms with Crippen LogP contribution in [0, 0.1) is 0 Å². The summed E-state index contributed by atoms with van der Waals surface area (Å²) in [4.78, 5) is 23.9. The number of amides is 2. The number of anilines is 2. The minimum absolute atomic E-state index is 0.0572. The molecule has 0 saturated heterocycles. The van der Waals surface area contributed by atoms with Gasteiger partial charge in [-0.1, -0.05) is 31.5 Å². The van der Waals surface area contributed by atoms with Gasteiger partial charge in [0.1, 0.15) is 11.5 Å². The Hall–Kier alpha value is -3.02. The molecular formula is C20H24N2O4. The fourth-order valence-electron chi connectivity index (χ4n) is 2.28. The van der Waals surface area contributed by atoms with Crippen LogP contribution in [0.2, 0.25) is 0 Å². The van der Waals surface area contributed by atoms with E-state index in [1.807, 2.05) is 25.1 Å². The van der Waals surface area contributed by atoms with E-state index in [9.17, 15) is 9.59 Å². The predicted octanol–water partition coefficient (Wildman–Crippen LogP) is 3.84. The Morgan fingerprint density at radius 3 is 2.46 bits per heavy atom. The minimum atomic E-state index is -0.282. The molecule has 2 rings (SSSR count). The predicted molar refractivity (Wildman–Crippen MR) is 102 cm³/mol. The summed E-state index contributed by atoms with van der Waals surface area (Å²) >= 11 is 0. The first-order valence-corrected chi connectivity index (χ1v) is 8.58. The van der Waals surface area contributed by atoms with E-state index in [2.05, 4.69) is 10.6 Å². The van der Waals surface area contributed by atoms with E-state index >= 15 is 0 Å². The summed E-state index contributed by atoms with van der Waals surface area (Å²) in [6.07, 6.45) is 2.26. The maximum absolute atomic E-state index is 12.0. The highest BCUT2D eigenvalue weighted by Crippen LogP contribution is 2.28. The number of ether oxygens (including phenoxy) is 2. The van der Waals surface area contributed by atoms with E-state index < -0.39 is 0 Å². The number of hydrogen-bond donors (Lipinski definition) is 2. The second-order valence-electron chi connectivity index (χ2n) is 5.72. The molecule has 2 aromatic rings. The first-order chi connectivity index (χ1) is 12.6. The van der Waals surface area contributed by atoms with Crippen LogP contribution in [0.5, 0.6) is 11.5 Å².